The third-order valence-corrected chi connectivity index (χ3v) is 6.21. The summed E-state index contributed by atoms with van der Waals surface area (Å²) in [4.78, 5) is 2.41. The first-order chi connectivity index (χ1) is 15.0. The minimum atomic E-state index is 0.631. The molecule has 0 atom stereocenters. The minimum Gasteiger partial charge on any atom is -0.374 e. The average molecular weight is 437 g/mol. The smallest absolute Gasteiger partial charge is 0.200 e. The minimum absolute atomic E-state index is 0.631. The standard InChI is InChI=1S/C26H36N4S/c1-6-9-10-15-29(5)24-16-19(4)23(18-21(24)12-7-2)30-25(27-28-26(30)31)22-14-11-13-20(8-3)17-22/h11,13-14,16-18H,6-10,12,15H2,1-5H3,(H,28,31). The van der Waals surface area contributed by atoms with Crippen LogP contribution < -0.4 is 4.90 Å². The second-order valence-corrected chi connectivity index (χ2v) is 8.77. The molecule has 3 rings (SSSR count). The Bertz CT molecular complexity index is 1060. The van der Waals surface area contributed by atoms with Crippen LogP contribution in [0.5, 0.6) is 0 Å². The molecule has 0 aliphatic heterocycles. The number of aromatic nitrogens is 3. The molecule has 3 aromatic rings. The Kier molecular flexibility index (Phi) is 8.08. The fourth-order valence-electron chi connectivity index (χ4n) is 4.15. The van der Waals surface area contributed by atoms with Crippen LogP contribution in [0.25, 0.3) is 17.1 Å². The fraction of sp³-hybridized carbons (Fsp3) is 0.462. The Hall–Kier alpha value is -2.40. The topological polar surface area (TPSA) is 36.9 Å². The van der Waals surface area contributed by atoms with Gasteiger partial charge in [0.15, 0.2) is 10.6 Å². The highest BCUT2D eigenvalue weighted by Crippen LogP contribution is 2.31. The van der Waals surface area contributed by atoms with Gasteiger partial charge in [-0.2, -0.15) is 5.10 Å². The second kappa shape index (κ2) is 10.8. The van der Waals surface area contributed by atoms with Gasteiger partial charge in [-0.3, -0.25) is 9.67 Å². The van der Waals surface area contributed by atoms with Crippen LogP contribution in [0.15, 0.2) is 36.4 Å². The molecule has 2 aromatic carbocycles. The zero-order valence-electron chi connectivity index (χ0n) is 19.7. The summed E-state index contributed by atoms with van der Waals surface area (Å²) >= 11 is 5.67. The van der Waals surface area contributed by atoms with Crippen molar-refractivity contribution >= 4 is 17.9 Å². The van der Waals surface area contributed by atoms with E-state index in [1.807, 2.05) is 0 Å². The van der Waals surface area contributed by atoms with Crippen molar-refractivity contribution in [2.45, 2.75) is 66.2 Å². The van der Waals surface area contributed by atoms with Crippen LogP contribution >= 0.6 is 12.2 Å². The van der Waals surface area contributed by atoms with Crippen molar-refractivity contribution in [3.63, 3.8) is 0 Å². The average Bonchev–Trinajstić information content (AvgIpc) is 3.16. The Morgan fingerprint density at radius 1 is 1.06 bits per heavy atom. The fourth-order valence-corrected chi connectivity index (χ4v) is 4.38. The Balaban J connectivity index is 2.08. The van der Waals surface area contributed by atoms with Crippen LogP contribution in [-0.4, -0.2) is 28.4 Å². The lowest BCUT2D eigenvalue weighted by molar-refractivity contribution is 0.703. The van der Waals surface area contributed by atoms with E-state index in [-0.39, 0.29) is 0 Å². The second-order valence-electron chi connectivity index (χ2n) is 8.39. The Morgan fingerprint density at radius 3 is 2.58 bits per heavy atom. The van der Waals surface area contributed by atoms with E-state index in [9.17, 15) is 0 Å². The molecule has 0 aliphatic rings. The van der Waals surface area contributed by atoms with Crippen LogP contribution in [-0.2, 0) is 12.8 Å². The van der Waals surface area contributed by atoms with Gasteiger partial charge in [0.25, 0.3) is 0 Å². The number of rotatable bonds is 10. The number of H-pyrrole nitrogens is 1. The number of benzene rings is 2. The van der Waals surface area contributed by atoms with E-state index in [4.69, 9.17) is 12.2 Å². The molecule has 0 spiro atoms. The summed E-state index contributed by atoms with van der Waals surface area (Å²) in [5, 5.41) is 7.62. The van der Waals surface area contributed by atoms with E-state index in [0.717, 1.165) is 42.9 Å². The molecule has 0 radical (unpaired) electrons. The molecule has 166 valence electrons. The number of hydrogen-bond donors (Lipinski definition) is 1. The van der Waals surface area contributed by atoms with Crippen LogP contribution in [0.3, 0.4) is 0 Å². The Morgan fingerprint density at radius 2 is 1.87 bits per heavy atom. The molecule has 0 fully saturated rings. The first kappa shape index (κ1) is 23.3. The molecule has 0 saturated heterocycles. The molecule has 4 nitrogen and oxygen atoms in total. The third-order valence-electron chi connectivity index (χ3n) is 5.93. The molecule has 1 heterocycles. The molecular weight excluding hydrogens is 400 g/mol. The first-order valence-corrected chi connectivity index (χ1v) is 12.0. The van der Waals surface area contributed by atoms with Crippen molar-refractivity contribution in [2.24, 2.45) is 0 Å². The summed E-state index contributed by atoms with van der Waals surface area (Å²) in [7, 11) is 2.22. The van der Waals surface area contributed by atoms with Gasteiger partial charge in [-0.05, 0) is 73.3 Å². The van der Waals surface area contributed by atoms with Crippen molar-refractivity contribution in [3.8, 4) is 17.1 Å². The number of aromatic amines is 1. The van der Waals surface area contributed by atoms with E-state index in [1.165, 1.54) is 41.6 Å². The molecule has 1 aromatic heterocycles. The van der Waals surface area contributed by atoms with Crippen LogP contribution in [0.1, 0.15) is 63.1 Å². The number of nitrogens with zero attached hydrogens (tertiary/aromatic N) is 3. The number of nitrogens with one attached hydrogen (secondary N) is 1. The molecule has 31 heavy (non-hydrogen) atoms. The molecule has 0 aliphatic carbocycles. The van der Waals surface area contributed by atoms with Crippen LogP contribution in [0.4, 0.5) is 5.69 Å². The van der Waals surface area contributed by atoms with Gasteiger partial charge in [-0.25, -0.2) is 0 Å². The maximum atomic E-state index is 5.67. The van der Waals surface area contributed by atoms with Gasteiger partial charge in [0, 0.05) is 24.8 Å². The molecule has 0 bridgehead atoms. The van der Waals surface area contributed by atoms with Gasteiger partial charge in [0.1, 0.15) is 0 Å². The zero-order valence-corrected chi connectivity index (χ0v) is 20.5. The van der Waals surface area contributed by atoms with Crippen molar-refractivity contribution in [1.29, 1.82) is 0 Å². The molecule has 0 unspecified atom stereocenters. The molecular formula is C26H36N4S. The predicted molar refractivity (Wildman–Crippen MR) is 135 cm³/mol. The highest BCUT2D eigenvalue weighted by Gasteiger charge is 2.17. The third kappa shape index (κ3) is 5.27. The molecule has 5 heteroatoms. The van der Waals surface area contributed by atoms with Gasteiger partial charge in [-0.1, -0.05) is 58.2 Å². The first-order valence-electron chi connectivity index (χ1n) is 11.6. The number of aryl methyl sites for hydroxylation is 3. The summed E-state index contributed by atoms with van der Waals surface area (Å²) in [6.07, 6.45) is 6.90. The highest BCUT2D eigenvalue weighted by molar-refractivity contribution is 7.71. The van der Waals surface area contributed by atoms with Crippen molar-refractivity contribution in [3.05, 3.63) is 57.9 Å². The summed E-state index contributed by atoms with van der Waals surface area (Å²) in [6.45, 7) is 9.93. The van der Waals surface area contributed by atoms with Crippen LogP contribution in [0, 0.1) is 11.7 Å². The maximum absolute atomic E-state index is 5.67. The zero-order chi connectivity index (χ0) is 22.4. The normalized spacial score (nSPS) is 11.1. The number of unbranched alkanes of at least 4 members (excludes halogenated alkanes) is 2. The monoisotopic (exact) mass is 436 g/mol. The van der Waals surface area contributed by atoms with Crippen molar-refractivity contribution in [1.82, 2.24) is 14.8 Å². The van der Waals surface area contributed by atoms with Gasteiger partial charge in [0.05, 0.1) is 5.69 Å². The quantitative estimate of drug-likeness (QED) is 0.273. The molecule has 0 amide bonds. The van der Waals surface area contributed by atoms with E-state index >= 15 is 0 Å². The van der Waals surface area contributed by atoms with Gasteiger partial charge in [0.2, 0.25) is 0 Å². The van der Waals surface area contributed by atoms with E-state index in [2.05, 4.69) is 90.8 Å². The Labute approximate surface area is 192 Å². The summed E-state index contributed by atoms with van der Waals surface area (Å²) < 4.78 is 2.73. The largest absolute Gasteiger partial charge is 0.374 e. The van der Waals surface area contributed by atoms with Gasteiger partial charge in [-0.15, -0.1) is 0 Å². The lowest BCUT2D eigenvalue weighted by atomic mass is 10.0. The summed E-state index contributed by atoms with van der Waals surface area (Å²) in [5.41, 5.74) is 7.42. The summed E-state index contributed by atoms with van der Waals surface area (Å²) in [6, 6.07) is 13.2. The number of anilines is 1. The SMILES string of the molecule is CCCCCN(C)c1cc(C)c(-n2c(-c3cccc(CC)c3)n[nH]c2=S)cc1CCC. The predicted octanol–water partition coefficient (Wildman–Crippen LogP) is 7.05. The maximum Gasteiger partial charge on any atom is 0.200 e. The van der Waals surface area contributed by atoms with Crippen molar-refractivity contribution in [2.75, 3.05) is 18.5 Å². The lowest BCUT2D eigenvalue weighted by Crippen LogP contribution is -2.20. The van der Waals surface area contributed by atoms with Gasteiger partial charge < -0.3 is 4.90 Å². The van der Waals surface area contributed by atoms with Crippen LogP contribution in [0.2, 0.25) is 0 Å². The lowest BCUT2D eigenvalue weighted by Gasteiger charge is -2.25. The summed E-state index contributed by atoms with van der Waals surface area (Å²) in [5.74, 6) is 0.870. The van der Waals surface area contributed by atoms with Crippen molar-refractivity contribution < 1.29 is 0 Å². The number of hydrogen-bond acceptors (Lipinski definition) is 3. The van der Waals surface area contributed by atoms with E-state index < -0.39 is 0 Å². The van der Waals surface area contributed by atoms with E-state index in [0.29, 0.717) is 4.77 Å². The van der Waals surface area contributed by atoms with Gasteiger partial charge >= 0.3 is 0 Å². The molecule has 0 saturated carbocycles. The van der Waals surface area contributed by atoms with E-state index in [1.54, 1.807) is 0 Å². The molecule has 1 N–H and O–H groups in total. The highest BCUT2D eigenvalue weighted by atomic mass is 32.1.